The molecule has 30 heavy (non-hydrogen) atoms. The fraction of sp³-hybridized carbons (Fsp3) is 0.292. The third-order valence-corrected chi connectivity index (χ3v) is 5.80. The van der Waals surface area contributed by atoms with Crippen molar-refractivity contribution in [1.29, 1.82) is 0 Å². The van der Waals surface area contributed by atoms with Gasteiger partial charge in [0.15, 0.2) is 11.6 Å². The molecule has 152 valence electrons. The summed E-state index contributed by atoms with van der Waals surface area (Å²) in [7, 11) is 1.65. The topological polar surface area (TPSA) is 69.0 Å². The van der Waals surface area contributed by atoms with Crippen LogP contribution in [-0.2, 0) is 4.79 Å². The lowest BCUT2D eigenvalue weighted by Crippen LogP contribution is -2.36. The number of Topliss-reactive ketones (excluding diaryl/α,β-unsaturated/α-hetero) is 1. The van der Waals surface area contributed by atoms with Crippen LogP contribution in [0.25, 0.3) is 11.4 Å². The number of allylic oxidation sites excluding steroid dienone is 2. The first-order chi connectivity index (χ1) is 14.4. The quantitative estimate of drug-likeness (QED) is 0.695. The predicted octanol–water partition coefficient (Wildman–Crippen LogP) is 4.61. The third kappa shape index (κ3) is 3.09. The van der Waals surface area contributed by atoms with Gasteiger partial charge in [0.25, 0.3) is 0 Å². The van der Waals surface area contributed by atoms with Crippen molar-refractivity contribution < 1.29 is 9.53 Å². The van der Waals surface area contributed by atoms with Gasteiger partial charge in [-0.2, -0.15) is 4.98 Å². The molecule has 6 nitrogen and oxygen atoms in total. The van der Waals surface area contributed by atoms with E-state index in [0.29, 0.717) is 18.2 Å². The number of carbonyl (C=O) groups excluding carboxylic acids is 1. The molecule has 1 aliphatic heterocycles. The molecule has 1 unspecified atom stereocenters. The van der Waals surface area contributed by atoms with Crippen molar-refractivity contribution in [3.05, 3.63) is 71.4 Å². The summed E-state index contributed by atoms with van der Waals surface area (Å²) in [6.45, 7) is 4.26. The van der Waals surface area contributed by atoms with Crippen molar-refractivity contribution in [2.24, 2.45) is 5.41 Å². The number of carbonyl (C=O) groups is 1. The number of rotatable bonds is 3. The molecule has 2 aliphatic rings. The Morgan fingerprint density at radius 1 is 1.07 bits per heavy atom. The van der Waals surface area contributed by atoms with Gasteiger partial charge < -0.3 is 10.1 Å². The number of methoxy groups -OCH3 is 1. The Hall–Kier alpha value is -3.41. The molecule has 1 atom stereocenters. The van der Waals surface area contributed by atoms with Crippen LogP contribution < -0.4 is 10.1 Å². The van der Waals surface area contributed by atoms with Crippen molar-refractivity contribution in [1.82, 2.24) is 14.8 Å². The smallest absolute Gasteiger partial charge is 0.226 e. The highest BCUT2D eigenvalue weighted by Crippen LogP contribution is 2.45. The molecule has 6 heteroatoms. The van der Waals surface area contributed by atoms with E-state index in [9.17, 15) is 4.79 Å². The maximum Gasteiger partial charge on any atom is 0.226 e. The van der Waals surface area contributed by atoms with Gasteiger partial charge in [0.1, 0.15) is 11.8 Å². The van der Waals surface area contributed by atoms with Crippen molar-refractivity contribution in [3.8, 4) is 17.1 Å². The molecule has 0 saturated heterocycles. The molecule has 0 spiro atoms. The van der Waals surface area contributed by atoms with Crippen LogP contribution in [0.3, 0.4) is 0 Å². The highest BCUT2D eigenvalue weighted by Gasteiger charge is 2.41. The van der Waals surface area contributed by atoms with E-state index in [1.54, 1.807) is 7.11 Å². The molecule has 0 amide bonds. The zero-order valence-electron chi connectivity index (χ0n) is 17.3. The highest BCUT2D eigenvalue weighted by atomic mass is 16.5. The van der Waals surface area contributed by atoms with Crippen LogP contribution in [0.1, 0.15) is 38.3 Å². The number of nitrogens with one attached hydrogen (secondary N) is 1. The molecule has 0 saturated carbocycles. The van der Waals surface area contributed by atoms with Crippen LogP contribution in [0.2, 0.25) is 0 Å². The maximum atomic E-state index is 13.3. The van der Waals surface area contributed by atoms with Crippen molar-refractivity contribution in [2.45, 2.75) is 32.7 Å². The average Bonchev–Trinajstić information content (AvgIpc) is 3.16. The summed E-state index contributed by atoms with van der Waals surface area (Å²) in [4.78, 5) is 18.0. The SMILES string of the molecule is COc1ccc(C2C3=C(CC(C)(C)CC3=O)Nc3nc(-c4ccccc4)nn32)cc1. The Morgan fingerprint density at radius 3 is 2.50 bits per heavy atom. The van der Waals surface area contributed by atoms with Crippen molar-refractivity contribution in [3.63, 3.8) is 0 Å². The molecule has 2 heterocycles. The van der Waals surface area contributed by atoms with Gasteiger partial charge in [-0.25, -0.2) is 4.68 Å². The number of hydrogen-bond donors (Lipinski definition) is 1. The van der Waals surface area contributed by atoms with Crippen molar-refractivity contribution >= 4 is 11.7 Å². The molecule has 2 aromatic carbocycles. The van der Waals surface area contributed by atoms with Gasteiger partial charge in [-0.15, -0.1) is 5.10 Å². The van der Waals surface area contributed by atoms with Crippen LogP contribution >= 0.6 is 0 Å². The number of benzene rings is 2. The summed E-state index contributed by atoms with van der Waals surface area (Å²) < 4.78 is 7.16. The monoisotopic (exact) mass is 400 g/mol. The van der Waals surface area contributed by atoms with Gasteiger partial charge in [-0.3, -0.25) is 4.79 Å². The number of ether oxygens (including phenoxy) is 1. The van der Waals surface area contributed by atoms with Gasteiger partial charge in [-0.1, -0.05) is 56.3 Å². The lowest BCUT2D eigenvalue weighted by atomic mass is 9.73. The first-order valence-corrected chi connectivity index (χ1v) is 10.1. The molecule has 0 radical (unpaired) electrons. The molecule has 3 aromatic rings. The number of ketones is 1. The van der Waals surface area contributed by atoms with Crippen molar-refractivity contribution in [2.75, 3.05) is 12.4 Å². The molecule has 0 fully saturated rings. The summed E-state index contributed by atoms with van der Waals surface area (Å²) >= 11 is 0. The number of aromatic nitrogens is 3. The van der Waals surface area contributed by atoms with E-state index in [4.69, 9.17) is 14.8 Å². The first-order valence-electron chi connectivity index (χ1n) is 10.1. The molecular weight excluding hydrogens is 376 g/mol. The summed E-state index contributed by atoms with van der Waals surface area (Å²) in [5, 5.41) is 8.23. The van der Waals surface area contributed by atoms with Crippen LogP contribution in [0.4, 0.5) is 5.95 Å². The summed E-state index contributed by atoms with van der Waals surface area (Å²) in [6, 6.07) is 17.4. The van der Waals surface area contributed by atoms with Gasteiger partial charge >= 0.3 is 0 Å². The van der Waals surface area contributed by atoms with Crippen LogP contribution in [-0.4, -0.2) is 27.7 Å². The number of hydrogen-bond acceptors (Lipinski definition) is 5. The maximum absolute atomic E-state index is 13.3. The van der Waals surface area contributed by atoms with Gasteiger partial charge in [-0.05, 0) is 29.5 Å². The lowest BCUT2D eigenvalue weighted by molar-refractivity contribution is -0.118. The Morgan fingerprint density at radius 2 is 1.80 bits per heavy atom. The normalized spacial score (nSPS) is 19.7. The fourth-order valence-electron chi connectivity index (χ4n) is 4.41. The Bertz CT molecular complexity index is 1140. The second kappa shape index (κ2) is 6.83. The van der Waals surface area contributed by atoms with E-state index in [-0.39, 0.29) is 17.2 Å². The summed E-state index contributed by atoms with van der Waals surface area (Å²) in [5.74, 6) is 2.25. The van der Waals surface area contributed by atoms with Crippen LogP contribution in [0.5, 0.6) is 5.75 Å². The molecular formula is C24H24N4O2. The van der Waals surface area contributed by atoms with Crippen LogP contribution in [0, 0.1) is 5.41 Å². The predicted molar refractivity (Wildman–Crippen MR) is 115 cm³/mol. The van der Waals surface area contributed by atoms with E-state index in [0.717, 1.165) is 34.6 Å². The molecule has 5 rings (SSSR count). The lowest BCUT2D eigenvalue weighted by Gasteiger charge is -2.38. The van der Waals surface area contributed by atoms with Gasteiger partial charge in [0.2, 0.25) is 5.95 Å². The summed E-state index contributed by atoms with van der Waals surface area (Å²) in [6.07, 6.45) is 1.32. The van der Waals surface area contributed by atoms with E-state index in [1.165, 1.54) is 0 Å². The van der Waals surface area contributed by atoms with Crippen LogP contribution in [0.15, 0.2) is 65.9 Å². The molecule has 1 aromatic heterocycles. The Labute approximate surface area is 175 Å². The molecule has 1 aliphatic carbocycles. The Balaban J connectivity index is 1.67. The minimum Gasteiger partial charge on any atom is -0.497 e. The minimum absolute atomic E-state index is 0.0855. The van der Waals surface area contributed by atoms with E-state index < -0.39 is 0 Å². The van der Waals surface area contributed by atoms with Gasteiger partial charge in [0, 0.05) is 23.3 Å². The van der Waals surface area contributed by atoms with Gasteiger partial charge in [0.05, 0.1) is 7.11 Å². The number of anilines is 1. The second-order valence-corrected chi connectivity index (χ2v) is 8.70. The zero-order valence-corrected chi connectivity index (χ0v) is 17.3. The van der Waals surface area contributed by atoms with E-state index in [1.807, 2.05) is 59.3 Å². The average molecular weight is 400 g/mol. The number of fused-ring (bicyclic) bond motifs is 1. The minimum atomic E-state index is -0.310. The highest BCUT2D eigenvalue weighted by molar-refractivity contribution is 6.00. The molecule has 1 N–H and O–H groups in total. The zero-order chi connectivity index (χ0) is 20.9. The van der Waals surface area contributed by atoms with E-state index >= 15 is 0 Å². The van der Waals surface area contributed by atoms with E-state index in [2.05, 4.69) is 19.2 Å². The molecule has 0 bridgehead atoms. The summed E-state index contributed by atoms with van der Waals surface area (Å²) in [5.41, 5.74) is 3.59. The number of nitrogens with zero attached hydrogens (tertiary/aromatic N) is 3. The Kier molecular flexibility index (Phi) is 4.24. The largest absolute Gasteiger partial charge is 0.497 e. The fourth-order valence-corrected chi connectivity index (χ4v) is 4.41. The standard InChI is InChI=1S/C24H24N4O2/c1-24(2)13-18-20(19(29)14-24)21(15-9-11-17(30-3)12-10-15)28-23(25-18)26-22(27-28)16-7-5-4-6-8-16/h4-12,21H,13-14H2,1-3H3,(H,25,26,27). The second-order valence-electron chi connectivity index (χ2n) is 8.70. The first kappa shape index (κ1) is 18.6. The third-order valence-electron chi connectivity index (χ3n) is 5.80.